The molecule has 2 amide bonds. The van der Waals surface area contributed by atoms with E-state index < -0.39 is 0 Å². The van der Waals surface area contributed by atoms with Crippen molar-refractivity contribution in [2.75, 3.05) is 13.1 Å². The molecular formula is C10H12BrN3O2. The van der Waals surface area contributed by atoms with Gasteiger partial charge in [-0.3, -0.25) is 9.59 Å². The lowest BCUT2D eigenvalue weighted by Crippen LogP contribution is -2.33. The molecule has 0 aliphatic rings. The van der Waals surface area contributed by atoms with Crippen LogP contribution in [0.3, 0.4) is 0 Å². The Morgan fingerprint density at radius 2 is 2.00 bits per heavy atom. The van der Waals surface area contributed by atoms with Gasteiger partial charge in [-0.2, -0.15) is 0 Å². The van der Waals surface area contributed by atoms with Gasteiger partial charge in [0.1, 0.15) is 10.3 Å². The molecule has 1 rings (SSSR count). The highest BCUT2D eigenvalue weighted by molar-refractivity contribution is 9.10. The number of carbonyl (C=O) groups excluding carboxylic acids is 2. The maximum absolute atomic E-state index is 11.5. The second-order valence-electron chi connectivity index (χ2n) is 3.08. The van der Waals surface area contributed by atoms with Crippen LogP contribution in [0.2, 0.25) is 0 Å². The summed E-state index contributed by atoms with van der Waals surface area (Å²) in [5.41, 5.74) is 0.345. The molecule has 0 bridgehead atoms. The van der Waals surface area contributed by atoms with Crippen LogP contribution >= 0.6 is 15.9 Å². The summed E-state index contributed by atoms with van der Waals surface area (Å²) in [6, 6.07) is 5.10. The zero-order valence-electron chi connectivity index (χ0n) is 8.79. The van der Waals surface area contributed by atoms with E-state index in [0.29, 0.717) is 23.4 Å². The van der Waals surface area contributed by atoms with Crippen molar-refractivity contribution in [1.29, 1.82) is 0 Å². The molecule has 0 fully saturated rings. The quantitative estimate of drug-likeness (QED) is 0.632. The van der Waals surface area contributed by atoms with Crippen LogP contribution in [-0.4, -0.2) is 29.9 Å². The van der Waals surface area contributed by atoms with Gasteiger partial charge in [0, 0.05) is 20.0 Å². The fraction of sp³-hybridized carbons (Fsp3) is 0.300. The van der Waals surface area contributed by atoms with E-state index in [0.717, 1.165) is 0 Å². The van der Waals surface area contributed by atoms with Gasteiger partial charge in [-0.15, -0.1) is 0 Å². The Hall–Kier alpha value is -1.43. The number of halogens is 1. The van der Waals surface area contributed by atoms with Crippen molar-refractivity contribution >= 4 is 27.7 Å². The third-order valence-corrected chi connectivity index (χ3v) is 2.17. The molecule has 0 unspecified atom stereocenters. The lowest BCUT2D eigenvalue weighted by atomic mass is 10.3. The summed E-state index contributed by atoms with van der Waals surface area (Å²) in [4.78, 5) is 26.1. The number of rotatable bonds is 4. The van der Waals surface area contributed by atoms with Crippen LogP contribution in [0.15, 0.2) is 22.8 Å². The van der Waals surface area contributed by atoms with Gasteiger partial charge in [-0.25, -0.2) is 4.98 Å². The highest BCUT2D eigenvalue weighted by Gasteiger charge is 2.06. The van der Waals surface area contributed by atoms with Crippen LogP contribution in [-0.2, 0) is 4.79 Å². The average Bonchev–Trinajstić information content (AvgIpc) is 2.24. The average molecular weight is 286 g/mol. The van der Waals surface area contributed by atoms with E-state index in [-0.39, 0.29) is 11.8 Å². The topological polar surface area (TPSA) is 71.1 Å². The number of carbonyl (C=O) groups is 2. The van der Waals surface area contributed by atoms with Crippen molar-refractivity contribution in [2.24, 2.45) is 0 Å². The van der Waals surface area contributed by atoms with Crippen molar-refractivity contribution in [1.82, 2.24) is 15.6 Å². The fourth-order valence-electron chi connectivity index (χ4n) is 1.04. The maximum atomic E-state index is 11.5. The minimum Gasteiger partial charge on any atom is -0.355 e. The molecule has 0 aliphatic carbocycles. The molecule has 0 saturated heterocycles. The van der Waals surface area contributed by atoms with Gasteiger partial charge < -0.3 is 10.6 Å². The van der Waals surface area contributed by atoms with Crippen LogP contribution in [0.1, 0.15) is 17.4 Å². The van der Waals surface area contributed by atoms with Crippen molar-refractivity contribution in [3.63, 3.8) is 0 Å². The van der Waals surface area contributed by atoms with E-state index in [1.54, 1.807) is 18.2 Å². The smallest absolute Gasteiger partial charge is 0.269 e. The van der Waals surface area contributed by atoms with Crippen molar-refractivity contribution in [2.45, 2.75) is 6.92 Å². The summed E-state index contributed by atoms with van der Waals surface area (Å²) < 4.78 is 0.613. The number of nitrogens with one attached hydrogen (secondary N) is 2. The summed E-state index contributed by atoms with van der Waals surface area (Å²) in [6.45, 7) is 2.22. The third-order valence-electron chi connectivity index (χ3n) is 1.73. The Morgan fingerprint density at radius 3 is 2.62 bits per heavy atom. The normalized spacial score (nSPS) is 9.62. The first-order chi connectivity index (χ1) is 7.59. The van der Waals surface area contributed by atoms with Gasteiger partial charge in [0.15, 0.2) is 0 Å². The predicted molar refractivity (Wildman–Crippen MR) is 63.0 cm³/mol. The van der Waals surface area contributed by atoms with E-state index in [1.165, 1.54) is 6.92 Å². The second kappa shape index (κ2) is 6.22. The van der Waals surface area contributed by atoms with Crippen molar-refractivity contribution in [3.05, 3.63) is 28.5 Å². The summed E-state index contributed by atoms with van der Waals surface area (Å²) in [6.07, 6.45) is 0. The largest absolute Gasteiger partial charge is 0.355 e. The number of amides is 2. The third kappa shape index (κ3) is 4.39. The van der Waals surface area contributed by atoms with Gasteiger partial charge >= 0.3 is 0 Å². The molecule has 1 heterocycles. The molecule has 0 atom stereocenters. The maximum Gasteiger partial charge on any atom is 0.269 e. The Labute approximate surface area is 102 Å². The first kappa shape index (κ1) is 12.6. The molecule has 6 heteroatoms. The molecule has 2 N–H and O–H groups in total. The second-order valence-corrected chi connectivity index (χ2v) is 3.90. The molecule has 0 radical (unpaired) electrons. The van der Waals surface area contributed by atoms with Crippen molar-refractivity contribution in [3.8, 4) is 0 Å². The van der Waals surface area contributed by atoms with Crippen LogP contribution in [0.4, 0.5) is 0 Å². The SMILES string of the molecule is CC(=O)NCCNC(=O)c1cccc(Br)n1. The van der Waals surface area contributed by atoms with E-state index >= 15 is 0 Å². The highest BCUT2D eigenvalue weighted by atomic mass is 79.9. The first-order valence-corrected chi connectivity index (χ1v) is 5.54. The van der Waals surface area contributed by atoms with Gasteiger partial charge in [-0.1, -0.05) is 6.07 Å². The molecular weight excluding hydrogens is 274 g/mol. The fourth-order valence-corrected chi connectivity index (χ4v) is 1.38. The van der Waals surface area contributed by atoms with Crippen LogP contribution in [0.5, 0.6) is 0 Å². The van der Waals surface area contributed by atoms with Crippen molar-refractivity contribution < 1.29 is 9.59 Å². The number of aromatic nitrogens is 1. The minimum atomic E-state index is -0.258. The zero-order chi connectivity index (χ0) is 12.0. The van der Waals surface area contributed by atoms with Crippen LogP contribution in [0, 0.1) is 0 Å². The summed E-state index contributed by atoms with van der Waals surface area (Å²) in [5.74, 6) is -0.374. The summed E-state index contributed by atoms with van der Waals surface area (Å²) >= 11 is 3.18. The van der Waals surface area contributed by atoms with Gasteiger partial charge in [0.2, 0.25) is 5.91 Å². The molecule has 0 saturated carbocycles. The molecule has 5 nitrogen and oxygen atoms in total. The zero-order valence-corrected chi connectivity index (χ0v) is 10.4. The monoisotopic (exact) mass is 285 g/mol. The Bertz CT molecular complexity index is 395. The number of hydrogen-bond donors (Lipinski definition) is 2. The lowest BCUT2D eigenvalue weighted by molar-refractivity contribution is -0.118. The number of pyridine rings is 1. The van der Waals surface area contributed by atoms with Crippen LogP contribution in [0.25, 0.3) is 0 Å². The molecule has 0 spiro atoms. The molecule has 16 heavy (non-hydrogen) atoms. The van der Waals surface area contributed by atoms with Crippen LogP contribution < -0.4 is 10.6 Å². The van der Waals surface area contributed by atoms with E-state index in [1.807, 2.05) is 0 Å². The number of nitrogens with zero attached hydrogens (tertiary/aromatic N) is 1. The van der Waals surface area contributed by atoms with Gasteiger partial charge in [0.05, 0.1) is 0 Å². The lowest BCUT2D eigenvalue weighted by Gasteiger charge is -2.05. The molecule has 0 aromatic carbocycles. The Morgan fingerprint density at radius 1 is 1.31 bits per heavy atom. The summed E-state index contributed by atoms with van der Waals surface area (Å²) in [5, 5.41) is 5.22. The molecule has 1 aromatic rings. The van der Waals surface area contributed by atoms with E-state index in [2.05, 4.69) is 31.5 Å². The molecule has 86 valence electrons. The predicted octanol–water partition coefficient (Wildman–Crippen LogP) is 0.710. The van der Waals surface area contributed by atoms with Gasteiger partial charge in [0.25, 0.3) is 5.91 Å². The Balaban J connectivity index is 2.38. The standard InChI is InChI=1S/C10H12BrN3O2/c1-7(15)12-5-6-13-10(16)8-3-2-4-9(11)14-8/h2-4H,5-6H2,1H3,(H,12,15)(H,13,16). The van der Waals surface area contributed by atoms with E-state index in [9.17, 15) is 9.59 Å². The molecule has 1 aromatic heterocycles. The Kier molecular flexibility index (Phi) is 4.91. The van der Waals surface area contributed by atoms with Gasteiger partial charge in [-0.05, 0) is 28.1 Å². The summed E-state index contributed by atoms with van der Waals surface area (Å²) in [7, 11) is 0. The number of hydrogen-bond acceptors (Lipinski definition) is 3. The highest BCUT2D eigenvalue weighted by Crippen LogP contribution is 2.05. The first-order valence-electron chi connectivity index (χ1n) is 4.75. The minimum absolute atomic E-state index is 0.116. The molecule has 0 aliphatic heterocycles. The van der Waals surface area contributed by atoms with E-state index in [4.69, 9.17) is 0 Å².